The second-order valence-electron chi connectivity index (χ2n) is 19.1. The van der Waals surface area contributed by atoms with Crippen LogP contribution in [0.2, 0.25) is 5.02 Å². The molecule has 0 aromatic carbocycles. The molecule has 0 amide bonds. The van der Waals surface area contributed by atoms with Gasteiger partial charge in [0, 0.05) is 24.2 Å². The number of carbonyl (C=O) groups excluding carboxylic acids is 2. The number of fused-ring (bicyclic) bond motifs is 7. The summed E-state index contributed by atoms with van der Waals surface area (Å²) < 4.78 is 6.17. The van der Waals surface area contributed by atoms with Gasteiger partial charge in [-0.1, -0.05) is 71.4 Å². The number of hydrogen-bond acceptors (Lipinski definition) is 9. The van der Waals surface area contributed by atoms with Crippen molar-refractivity contribution in [1.82, 2.24) is 20.2 Å². The van der Waals surface area contributed by atoms with Crippen LogP contribution in [0, 0.1) is 50.7 Å². The number of rotatable bonds is 7. The summed E-state index contributed by atoms with van der Waals surface area (Å²) >= 11 is 7.60. The van der Waals surface area contributed by atoms with Gasteiger partial charge in [0.2, 0.25) is 0 Å². The van der Waals surface area contributed by atoms with Crippen LogP contribution in [-0.4, -0.2) is 49.1 Å². The Morgan fingerprint density at radius 1 is 0.962 bits per heavy atom. The van der Waals surface area contributed by atoms with Gasteiger partial charge in [-0.15, -0.1) is 10.2 Å². The van der Waals surface area contributed by atoms with E-state index in [2.05, 4.69) is 63.5 Å². The van der Waals surface area contributed by atoms with Crippen molar-refractivity contribution < 1.29 is 24.2 Å². The number of nitrogens with zero attached hydrogens (tertiary/aromatic N) is 4. The van der Waals surface area contributed by atoms with Crippen molar-refractivity contribution >= 4 is 40.7 Å². The average Bonchev–Trinajstić information content (AvgIpc) is 3.66. The summed E-state index contributed by atoms with van der Waals surface area (Å²) in [6.07, 6.45) is 11.1. The molecule has 1 unspecified atom stereocenters. The molecule has 2 heterocycles. The maximum absolute atomic E-state index is 14.1. The zero-order valence-corrected chi connectivity index (χ0v) is 33.8. The van der Waals surface area contributed by atoms with Crippen molar-refractivity contribution in [3.63, 3.8) is 0 Å². The zero-order valence-electron chi connectivity index (χ0n) is 32.3. The Kier molecular flexibility index (Phi) is 8.97. The Bertz CT molecular complexity index is 1840. The van der Waals surface area contributed by atoms with Crippen LogP contribution < -0.4 is 0 Å². The fraction of sp³-hybridized carbons (Fsp3) is 0.732. The number of aromatic nitrogens is 4. The lowest BCUT2D eigenvalue weighted by molar-refractivity contribution is -0.232. The normalized spacial score (nSPS) is 36.9. The van der Waals surface area contributed by atoms with Crippen LogP contribution in [0.4, 0.5) is 0 Å². The molecule has 0 saturated heterocycles. The molecular formula is C41H55ClN4O5S. The van der Waals surface area contributed by atoms with Crippen LogP contribution in [0.1, 0.15) is 132 Å². The molecule has 5 aliphatic rings. The third-order valence-electron chi connectivity index (χ3n) is 15.5. The molecule has 0 bridgehead atoms. The van der Waals surface area contributed by atoms with Crippen LogP contribution in [0.5, 0.6) is 0 Å². The molecule has 0 aliphatic heterocycles. The number of aliphatic carboxylic acids is 1. The standard InChI is InChI=1S/C41H55ClN4O5S/c1-22(2)30-25(47)18-41(34-46-45-33(52-34)32-43-20-23(42)21-44-32)17-16-39(8)24(31(30)41)10-11-27-38(7)14-13-28(51-29(48)19-36(3,4)35(49)50)37(5,6)26(38)12-15-40(27,39)9/h20-22,24,26-28H,10-19H2,1-9H3,(H,49,50)/t24?,26-,27+,28-,38-,39+,40+,41+/m0/s1. The fourth-order valence-electron chi connectivity index (χ4n) is 12.6. The van der Waals surface area contributed by atoms with Crippen LogP contribution in [0.3, 0.4) is 0 Å². The summed E-state index contributed by atoms with van der Waals surface area (Å²) in [6.45, 7) is 19.7. The van der Waals surface area contributed by atoms with Gasteiger partial charge in [-0.3, -0.25) is 14.4 Å². The molecule has 8 atom stereocenters. The van der Waals surface area contributed by atoms with E-state index in [0.717, 1.165) is 61.9 Å². The molecule has 4 fully saturated rings. The highest BCUT2D eigenvalue weighted by molar-refractivity contribution is 7.14. The number of ketones is 1. The number of halogens is 1. The van der Waals surface area contributed by atoms with Crippen molar-refractivity contribution in [2.45, 2.75) is 138 Å². The molecule has 4 saturated carbocycles. The number of hydrogen-bond donors (Lipinski definition) is 1. The highest BCUT2D eigenvalue weighted by Gasteiger charge is 2.70. The summed E-state index contributed by atoms with van der Waals surface area (Å²) in [5, 5.41) is 21.0. The van der Waals surface area contributed by atoms with Crippen LogP contribution in [-0.2, 0) is 24.5 Å². The Hall–Kier alpha value is -2.72. The first kappa shape index (κ1) is 37.6. The van der Waals surface area contributed by atoms with E-state index < -0.39 is 22.8 Å². The van der Waals surface area contributed by atoms with E-state index in [1.165, 1.54) is 16.9 Å². The number of esters is 1. The van der Waals surface area contributed by atoms with Crippen molar-refractivity contribution in [3.8, 4) is 10.8 Å². The number of Topliss-reactive ketones (excluding diaryl/α,β-unsaturated/α-hetero) is 1. The number of carboxylic acid groups (broad SMARTS) is 1. The topological polar surface area (TPSA) is 132 Å². The van der Waals surface area contributed by atoms with Gasteiger partial charge in [-0.2, -0.15) is 0 Å². The van der Waals surface area contributed by atoms with E-state index >= 15 is 0 Å². The minimum Gasteiger partial charge on any atom is -0.481 e. The molecule has 1 N–H and O–H groups in total. The fourth-order valence-corrected chi connectivity index (χ4v) is 13.8. The number of ether oxygens (including phenoxy) is 1. The summed E-state index contributed by atoms with van der Waals surface area (Å²) in [4.78, 5) is 47.8. The summed E-state index contributed by atoms with van der Waals surface area (Å²) in [7, 11) is 0. The van der Waals surface area contributed by atoms with Crippen LogP contribution >= 0.6 is 22.9 Å². The van der Waals surface area contributed by atoms with Crippen molar-refractivity contribution in [2.24, 2.45) is 50.7 Å². The zero-order chi connectivity index (χ0) is 37.8. The van der Waals surface area contributed by atoms with E-state index in [-0.39, 0.29) is 51.8 Å². The first-order valence-electron chi connectivity index (χ1n) is 19.2. The van der Waals surface area contributed by atoms with Gasteiger partial charge in [-0.25, -0.2) is 9.97 Å². The molecule has 2 aromatic rings. The monoisotopic (exact) mass is 750 g/mol. The SMILES string of the molecule is CC(C)C1=C2C3CC[C@@H]4[C@@]5(C)CC[C@H](OC(=O)CC(C)(C)C(=O)O)C(C)(C)[C@@H]5CC[C@@]4(C)[C@]3(C)CC[C@@]2(c2nnc(-c3ncc(Cl)cn3)s2)CC1=O. The molecule has 2 aromatic heterocycles. The van der Waals surface area contributed by atoms with Gasteiger partial charge < -0.3 is 9.84 Å². The first-order chi connectivity index (χ1) is 24.2. The molecule has 5 aliphatic carbocycles. The second-order valence-corrected chi connectivity index (χ2v) is 20.5. The highest BCUT2D eigenvalue weighted by Crippen LogP contribution is 2.77. The van der Waals surface area contributed by atoms with E-state index in [1.54, 1.807) is 26.2 Å². The third-order valence-corrected chi connectivity index (χ3v) is 16.8. The van der Waals surface area contributed by atoms with Gasteiger partial charge in [0.25, 0.3) is 0 Å². The lowest BCUT2D eigenvalue weighted by atomic mass is 9.33. The molecule has 7 rings (SSSR count). The van der Waals surface area contributed by atoms with Crippen molar-refractivity contribution in [3.05, 3.63) is 33.6 Å². The Balaban J connectivity index is 1.20. The van der Waals surface area contributed by atoms with Gasteiger partial charge >= 0.3 is 11.9 Å². The number of allylic oxidation sites excluding steroid dienone is 2. The minimum absolute atomic E-state index is 0.00380. The molecule has 0 spiro atoms. The Labute approximate surface area is 317 Å². The van der Waals surface area contributed by atoms with Gasteiger partial charge in [0.15, 0.2) is 16.6 Å². The summed E-state index contributed by atoms with van der Waals surface area (Å²) in [5.41, 5.74) is 0.619. The molecule has 9 nitrogen and oxygen atoms in total. The summed E-state index contributed by atoms with van der Waals surface area (Å²) in [5.74, 6) is 0.604. The van der Waals surface area contributed by atoms with Crippen LogP contribution in [0.25, 0.3) is 10.8 Å². The average molecular weight is 751 g/mol. The van der Waals surface area contributed by atoms with E-state index in [9.17, 15) is 19.5 Å². The molecule has 11 heteroatoms. The molecule has 282 valence electrons. The Morgan fingerprint density at radius 2 is 1.65 bits per heavy atom. The van der Waals surface area contributed by atoms with Crippen molar-refractivity contribution in [1.29, 1.82) is 0 Å². The smallest absolute Gasteiger partial charge is 0.309 e. The largest absolute Gasteiger partial charge is 0.481 e. The van der Waals surface area contributed by atoms with Gasteiger partial charge in [0.05, 0.1) is 22.3 Å². The minimum atomic E-state index is -1.17. The van der Waals surface area contributed by atoms with Crippen LogP contribution in [0.15, 0.2) is 23.5 Å². The first-order valence-corrected chi connectivity index (χ1v) is 20.4. The van der Waals surface area contributed by atoms with E-state index in [4.69, 9.17) is 21.4 Å². The highest BCUT2D eigenvalue weighted by atomic mass is 35.5. The third kappa shape index (κ3) is 5.37. The molecule has 0 radical (unpaired) electrons. The second kappa shape index (κ2) is 12.4. The quantitative estimate of drug-likeness (QED) is 0.275. The maximum atomic E-state index is 14.1. The van der Waals surface area contributed by atoms with Crippen molar-refractivity contribution in [2.75, 3.05) is 0 Å². The molecular weight excluding hydrogens is 696 g/mol. The van der Waals surface area contributed by atoms with E-state index in [1.807, 2.05) is 0 Å². The predicted molar refractivity (Wildman–Crippen MR) is 201 cm³/mol. The Morgan fingerprint density at radius 3 is 2.31 bits per heavy atom. The predicted octanol–water partition coefficient (Wildman–Crippen LogP) is 9.29. The number of carbonyl (C=O) groups is 3. The summed E-state index contributed by atoms with van der Waals surface area (Å²) in [6, 6.07) is 0. The number of carboxylic acids is 1. The van der Waals surface area contributed by atoms with Gasteiger partial charge in [0.1, 0.15) is 11.1 Å². The van der Waals surface area contributed by atoms with Gasteiger partial charge in [-0.05, 0) is 116 Å². The lowest BCUT2D eigenvalue weighted by Crippen LogP contribution is -2.66. The maximum Gasteiger partial charge on any atom is 0.309 e. The van der Waals surface area contributed by atoms with E-state index in [0.29, 0.717) is 34.1 Å². The molecule has 52 heavy (non-hydrogen) atoms. The lowest BCUT2D eigenvalue weighted by Gasteiger charge is -2.72.